The van der Waals surface area contributed by atoms with E-state index in [-0.39, 0.29) is 29.9 Å². The van der Waals surface area contributed by atoms with E-state index in [4.69, 9.17) is 11.0 Å². The van der Waals surface area contributed by atoms with Crippen LogP contribution in [-0.2, 0) is 11.3 Å². The number of aromatic nitrogens is 1. The van der Waals surface area contributed by atoms with Crippen molar-refractivity contribution in [1.82, 2.24) is 9.88 Å². The maximum atomic E-state index is 14.0. The highest BCUT2D eigenvalue weighted by atomic mass is 19.1. The Morgan fingerprint density at radius 1 is 1.73 bits per heavy atom. The molecule has 3 N–H and O–H groups in total. The van der Waals surface area contributed by atoms with Crippen LogP contribution in [0.5, 0.6) is 0 Å². The van der Waals surface area contributed by atoms with Gasteiger partial charge in [0.05, 0.1) is 24.6 Å². The molecule has 1 aliphatic rings. The van der Waals surface area contributed by atoms with Crippen molar-refractivity contribution in [1.29, 1.82) is 5.26 Å². The van der Waals surface area contributed by atoms with Crippen LogP contribution in [0.2, 0.25) is 0 Å². The van der Waals surface area contributed by atoms with E-state index in [2.05, 4.69) is 15.3 Å². The molecule has 2 heterocycles. The lowest BCUT2D eigenvalue weighted by Gasteiger charge is -2.32. The van der Waals surface area contributed by atoms with E-state index < -0.39 is 11.9 Å². The molecule has 0 saturated heterocycles. The monoisotopic (exact) mass is 304 g/mol. The number of guanidine groups is 1. The summed E-state index contributed by atoms with van der Waals surface area (Å²) < 4.78 is 14.0. The molecule has 0 spiro atoms. The largest absolute Gasteiger partial charge is 0.369 e. The number of anilines is 1. The van der Waals surface area contributed by atoms with Crippen LogP contribution in [0.4, 0.5) is 10.1 Å². The van der Waals surface area contributed by atoms with Gasteiger partial charge >= 0.3 is 0 Å². The van der Waals surface area contributed by atoms with Crippen LogP contribution in [0.3, 0.4) is 0 Å². The molecule has 2 rings (SSSR count). The first-order valence-corrected chi connectivity index (χ1v) is 6.91. The van der Waals surface area contributed by atoms with E-state index in [1.54, 1.807) is 6.19 Å². The smallest absolute Gasteiger partial charge is 0.247 e. The number of carbonyl (C=O) groups excluding carboxylic acids is 1. The summed E-state index contributed by atoms with van der Waals surface area (Å²) in [4.78, 5) is 21.2. The molecule has 116 valence electrons. The van der Waals surface area contributed by atoms with Gasteiger partial charge < -0.3 is 16.0 Å². The molecule has 2 unspecified atom stereocenters. The first-order valence-electron chi connectivity index (χ1n) is 6.91. The highest BCUT2D eigenvalue weighted by Crippen LogP contribution is 2.28. The predicted octanol–water partition coefficient (Wildman–Crippen LogP) is 1.19. The third-order valence-electron chi connectivity index (χ3n) is 3.84. The fourth-order valence-corrected chi connectivity index (χ4v) is 2.47. The number of fused-ring (bicyclic) bond motifs is 1. The number of pyridine rings is 1. The molecule has 0 aromatic carbocycles. The van der Waals surface area contributed by atoms with Crippen LogP contribution in [0.1, 0.15) is 25.8 Å². The highest BCUT2D eigenvalue weighted by molar-refractivity contribution is 5.99. The number of hydrogen-bond acceptors (Lipinski definition) is 4. The molecule has 0 bridgehead atoms. The molecule has 2 atom stereocenters. The van der Waals surface area contributed by atoms with Gasteiger partial charge in [0.15, 0.2) is 0 Å². The molecule has 8 heteroatoms. The van der Waals surface area contributed by atoms with Crippen molar-refractivity contribution in [2.45, 2.75) is 32.9 Å². The van der Waals surface area contributed by atoms with Gasteiger partial charge in [0, 0.05) is 5.56 Å². The summed E-state index contributed by atoms with van der Waals surface area (Å²) in [6.07, 6.45) is 4.78. The third kappa shape index (κ3) is 2.83. The number of nitriles is 1. The lowest BCUT2D eigenvalue weighted by molar-refractivity contribution is -0.121. The van der Waals surface area contributed by atoms with E-state index in [1.165, 1.54) is 11.1 Å². The number of rotatable bonds is 2. The number of nitrogens with zero attached hydrogens (tertiary/aromatic N) is 4. The minimum Gasteiger partial charge on any atom is -0.369 e. The van der Waals surface area contributed by atoms with Gasteiger partial charge in [-0.05, 0) is 5.92 Å². The van der Waals surface area contributed by atoms with E-state index in [9.17, 15) is 9.18 Å². The Hall–Kier alpha value is -2.69. The fraction of sp³-hybridized carbons (Fsp3) is 0.429. The summed E-state index contributed by atoms with van der Waals surface area (Å²) >= 11 is 0. The van der Waals surface area contributed by atoms with Crippen molar-refractivity contribution in [3.63, 3.8) is 0 Å². The average molecular weight is 304 g/mol. The second kappa shape index (κ2) is 6.39. The van der Waals surface area contributed by atoms with Crippen LogP contribution in [0, 0.1) is 23.2 Å². The molecule has 0 saturated carbocycles. The molecular formula is C14H17FN6O. The van der Waals surface area contributed by atoms with Crippen molar-refractivity contribution in [2.24, 2.45) is 16.6 Å². The van der Waals surface area contributed by atoms with Gasteiger partial charge in [-0.1, -0.05) is 20.3 Å². The molecule has 1 aromatic heterocycles. The zero-order chi connectivity index (χ0) is 16.3. The Balaban J connectivity index is 2.54. The lowest BCUT2D eigenvalue weighted by atomic mass is 9.97. The zero-order valence-corrected chi connectivity index (χ0v) is 12.4. The topological polar surface area (TPSA) is 107 Å². The molecule has 0 radical (unpaired) electrons. The summed E-state index contributed by atoms with van der Waals surface area (Å²) in [5, 5.41) is 11.4. The Labute approximate surface area is 127 Å². The summed E-state index contributed by atoms with van der Waals surface area (Å²) in [5.74, 6) is -1.03. The van der Waals surface area contributed by atoms with Gasteiger partial charge in [0.2, 0.25) is 18.1 Å². The minimum absolute atomic E-state index is 0.0362. The Morgan fingerprint density at radius 3 is 3.09 bits per heavy atom. The van der Waals surface area contributed by atoms with Gasteiger partial charge in [0.25, 0.3) is 0 Å². The third-order valence-corrected chi connectivity index (χ3v) is 3.84. The van der Waals surface area contributed by atoms with Gasteiger partial charge in [0.1, 0.15) is 11.9 Å². The Morgan fingerprint density at radius 2 is 2.45 bits per heavy atom. The maximum absolute atomic E-state index is 14.0. The van der Waals surface area contributed by atoms with Crippen molar-refractivity contribution >= 4 is 17.6 Å². The average Bonchev–Trinajstić information content (AvgIpc) is 2.63. The SMILES string of the molecule is CCC(C)C1C(=O)Nc2cncc(F)c2CN1C(N)=NC#N. The number of hydrogen-bond donors (Lipinski definition) is 2. The molecule has 7 nitrogen and oxygen atoms in total. The number of nitrogens with one attached hydrogen (secondary N) is 1. The second-order valence-corrected chi connectivity index (χ2v) is 5.16. The summed E-state index contributed by atoms with van der Waals surface area (Å²) in [6, 6.07) is -0.645. The first-order chi connectivity index (χ1) is 10.5. The summed E-state index contributed by atoms with van der Waals surface area (Å²) in [5.41, 5.74) is 6.40. The predicted molar refractivity (Wildman–Crippen MR) is 78.8 cm³/mol. The van der Waals surface area contributed by atoms with Crippen molar-refractivity contribution in [3.8, 4) is 6.19 Å². The summed E-state index contributed by atoms with van der Waals surface area (Å²) in [6.45, 7) is 3.86. The Bertz CT molecular complexity index is 653. The van der Waals surface area contributed by atoms with Crippen LogP contribution in [-0.4, -0.2) is 27.8 Å². The number of amides is 1. The van der Waals surface area contributed by atoms with Crippen molar-refractivity contribution in [3.05, 3.63) is 23.8 Å². The number of carbonyl (C=O) groups is 1. The molecule has 1 amide bonds. The van der Waals surface area contributed by atoms with Crippen molar-refractivity contribution in [2.75, 3.05) is 5.32 Å². The van der Waals surface area contributed by atoms with Crippen LogP contribution in [0.15, 0.2) is 17.4 Å². The second-order valence-electron chi connectivity index (χ2n) is 5.16. The van der Waals surface area contributed by atoms with E-state index in [1.807, 2.05) is 13.8 Å². The normalized spacial score (nSPS) is 19.7. The van der Waals surface area contributed by atoms with E-state index >= 15 is 0 Å². The van der Waals surface area contributed by atoms with Crippen LogP contribution < -0.4 is 11.1 Å². The van der Waals surface area contributed by atoms with Gasteiger partial charge in [-0.2, -0.15) is 5.26 Å². The molecule has 22 heavy (non-hydrogen) atoms. The van der Waals surface area contributed by atoms with Gasteiger partial charge in [-0.3, -0.25) is 9.78 Å². The van der Waals surface area contributed by atoms with Crippen LogP contribution in [0.25, 0.3) is 0 Å². The number of halogens is 1. The van der Waals surface area contributed by atoms with E-state index in [0.717, 1.165) is 6.20 Å². The highest BCUT2D eigenvalue weighted by Gasteiger charge is 2.36. The van der Waals surface area contributed by atoms with Crippen LogP contribution >= 0.6 is 0 Å². The zero-order valence-electron chi connectivity index (χ0n) is 12.4. The standard InChI is InChI=1S/C14H17FN6O/c1-3-8(2)12-13(22)20-11-5-18-4-10(15)9(11)6-21(12)14(17)19-7-16/h4-5,8,12H,3,6H2,1-2H3,(H2,17,19)(H,20,22). The van der Waals surface area contributed by atoms with Gasteiger partial charge in [-0.15, -0.1) is 4.99 Å². The fourth-order valence-electron chi connectivity index (χ4n) is 2.47. The number of nitrogens with two attached hydrogens (primary N) is 1. The maximum Gasteiger partial charge on any atom is 0.247 e. The van der Waals surface area contributed by atoms with Gasteiger partial charge in [-0.25, -0.2) is 4.39 Å². The quantitative estimate of drug-likeness (QED) is 0.485. The molecule has 0 aliphatic carbocycles. The molecule has 1 aromatic rings. The Kier molecular flexibility index (Phi) is 4.56. The molecular weight excluding hydrogens is 287 g/mol. The minimum atomic E-state index is -0.645. The summed E-state index contributed by atoms with van der Waals surface area (Å²) in [7, 11) is 0. The first kappa shape index (κ1) is 15.7. The van der Waals surface area contributed by atoms with Crippen molar-refractivity contribution < 1.29 is 9.18 Å². The molecule has 1 aliphatic heterocycles. The lowest BCUT2D eigenvalue weighted by Crippen LogP contribution is -2.51. The van der Waals surface area contributed by atoms with E-state index in [0.29, 0.717) is 12.1 Å². The molecule has 0 fully saturated rings. The number of aliphatic imine (C=N–C) groups is 1.